The molecule has 2 heterocycles. The Balaban J connectivity index is 1.72. The molecule has 24 heavy (non-hydrogen) atoms. The second-order valence-electron chi connectivity index (χ2n) is 7.02. The molecule has 0 bridgehead atoms. The molecule has 130 valence electrons. The van der Waals surface area contributed by atoms with Crippen molar-refractivity contribution in [3.63, 3.8) is 0 Å². The molecule has 0 saturated carbocycles. The Hall–Kier alpha value is -1.81. The van der Waals surface area contributed by atoms with E-state index < -0.39 is 0 Å². The van der Waals surface area contributed by atoms with E-state index in [0.29, 0.717) is 6.04 Å². The summed E-state index contributed by atoms with van der Waals surface area (Å²) in [4.78, 5) is 2.53. The van der Waals surface area contributed by atoms with Crippen molar-refractivity contribution in [2.45, 2.75) is 65.1 Å². The lowest BCUT2D eigenvalue weighted by Gasteiger charge is -2.28. The van der Waals surface area contributed by atoms with Gasteiger partial charge in [-0.15, -0.1) is 0 Å². The maximum atomic E-state index is 5.74. The Kier molecular flexibility index (Phi) is 5.56. The standard InChI is InChI=1S/C20H28N2O2/c1-15(2)23-18-10-8-17(9-11-18)14-22-12-6-4-5-7-19(22)20-13-16(3)21-24-20/h8-11,13,15,19H,4-7,12,14H2,1-3H3. The van der Waals surface area contributed by atoms with Gasteiger partial charge in [0, 0.05) is 12.6 Å². The van der Waals surface area contributed by atoms with Gasteiger partial charge in [-0.05, 0) is 57.9 Å². The first-order chi connectivity index (χ1) is 11.6. The molecule has 0 spiro atoms. The van der Waals surface area contributed by atoms with Crippen LogP contribution in [-0.4, -0.2) is 22.7 Å². The average molecular weight is 328 g/mol. The summed E-state index contributed by atoms with van der Waals surface area (Å²) in [6.45, 7) is 8.13. The monoisotopic (exact) mass is 328 g/mol. The number of rotatable bonds is 5. The first kappa shape index (κ1) is 17.0. The van der Waals surface area contributed by atoms with E-state index in [-0.39, 0.29) is 6.10 Å². The predicted molar refractivity (Wildman–Crippen MR) is 95.1 cm³/mol. The SMILES string of the molecule is Cc1cc(C2CCCCCN2Cc2ccc(OC(C)C)cc2)on1. The van der Waals surface area contributed by atoms with Crippen LogP contribution in [-0.2, 0) is 6.54 Å². The smallest absolute Gasteiger partial charge is 0.154 e. The quantitative estimate of drug-likeness (QED) is 0.783. The van der Waals surface area contributed by atoms with E-state index in [2.05, 4.69) is 54.2 Å². The van der Waals surface area contributed by atoms with Gasteiger partial charge < -0.3 is 9.26 Å². The first-order valence-electron chi connectivity index (χ1n) is 9.04. The van der Waals surface area contributed by atoms with Crippen molar-refractivity contribution in [2.24, 2.45) is 0 Å². The van der Waals surface area contributed by atoms with Crippen LogP contribution >= 0.6 is 0 Å². The van der Waals surface area contributed by atoms with Gasteiger partial charge in [-0.1, -0.05) is 30.1 Å². The Morgan fingerprint density at radius 2 is 2.00 bits per heavy atom. The van der Waals surface area contributed by atoms with Gasteiger partial charge in [-0.3, -0.25) is 4.90 Å². The number of hydrogen-bond donors (Lipinski definition) is 0. The van der Waals surface area contributed by atoms with Crippen molar-refractivity contribution in [1.82, 2.24) is 10.1 Å². The van der Waals surface area contributed by atoms with E-state index in [1.807, 2.05) is 6.92 Å². The number of aryl methyl sites for hydroxylation is 1. The predicted octanol–water partition coefficient (Wildman–Crippen LogP) is 4.89. The third-order valence-electron chi connectivity index (χ3n) is 4.52. The Bertz CT molecular complexity index is 633. The minimum absolute atomic E-state index is 0.209. The maximum absolute atomic E-state index is 5.74. The van der Waals surface area contributed by atoms with E-state index in [9.17, 15) is 0 Å². The lowest BCUT2D eigenvalue weighted by Crippen LogP contribution is -2.27. The van der Waals surface area contributed by atoms with Crippen molar-refractivity contribution in [3.05, 3.63) is 47.3 Å². The molecule has 1 fully saturated rings. The van der Waals surface area contributed by atoms with Gasteiger partial charge >= 0.3 is 0 Å². The second-order valence-corrected chi connectivity index (χ2v) is 7.02. The Morgan fingerprint density at radius 3 is 2.67 bits per heavy atom. The number of likely N-dealkylation sites (tertiary alicyclic amines) is 1. The topological polar surface area (TPSA) is 38.5 Å². The normalized spacial score (nSPS) is 19.4. The molecular formula is C20H28N2O2. The lowest BCUT2D eigenvalue weighted by molar-refractivity contribution is 0.160. The zero-order valence-electron chi connectivity index (χ0n) is 15.0. The molecule has 4 nitrogen and oxygen atoms in total. The largest absolute Gasteiger partial charge is 0.491 e. The molecule has 1 saturated heterocycles. The fraction of sp³-hybridized carbons (Fsp3) is 0.550. The molecular weight excluding hydrogens is 300 g/mol. The van der Waals surface area contributed by atoms with Gasteiger partial charge in [0.15, 0.2) is 5.76 Å². The molecule has 3 rings (SSSR count). The van der Waals surface area contributed by atoms with Crippen molar-refractivity contribution in [3.8, 4) is 5.75 Å². The van der Waals surface area contributed by atoms with Crippen LogP contribution in [0.2, 0.25) is 0 Å². The molecule has 1 unspecified atom stereocenters. The van der Waals surface area contributed by atoms with E-state index in [1.165, 1.54) is 24.8 Å². The average Bonchev–Trinajstić information content (AvgIpc) is 2.84. The fourth-order valence-corrected chi connectivity index (χ4v) is 3.40. The first-order valence-corrected chi connectivity index (χ1v) is 9.04. The van der Waals surface area contributed by atoms with Crippen LogP contribution in [0.1, 0.15) is 62.6 Å². The molecule has 0 radical (unpaired) electrons. The fourth-order valence-electron chi connectivity index (χ4n) is 3.40. The van der Waals surface area contributed by atoms with Gasteiger partial charge in [0.05, 0.1) is 17.8 Å². The molecule has 2 aromatic rings. The zero-order chi connectivity index (χ0) is 16.9. The third kappa shape index (κ3) is 4.38. The molecule has 0 N–H and O–H groups in total. The van der Waals surface area contributed by atoms with Crippen molar-refractivity contribution in [1.29, 1.82) is 0 Å². The summed E-state index contributed by atoms with van der Waals surface area (Å²) < 4.78 is 11.3. The molecule has 0 amide bonds. The molecule has 1 aliphatic rings. The van der Waals surface area contributed by atoms with Crippen molar-refractivity contribution >= 4 is 0 Å². The van der Waals surface area contributed by atoms with Gasteiger partial charge in [0.1, 0.15) is 5.75 Å². The zero-order valence-corrected chi connectivity index (χ0v) is 15.0. The molecule has 1 atom stereocenters. The van der Waals surface area contributed by atoms with Crippen LogP contribution in [0.4, 0.5) is 0 Å². The van der Waals surface area contributed by atoms with Crippen molar-refractivity contribution in [2.75, 3.05) is 6.54 Å². The van der Waals surface area contributed by atoms with Crippen LogP contribution in [0.3, 0.4) is 0 Å². The van der Waals surface area contributed by atoms with E-state index in [4.69, 9.17) is 9.26 Å². The Morgan fingerprint density at radius 1 is 1.21 bits per heavy atom. The van der Waals surface area contributed by atoms with E-state index >= 15 is 0 Å². The highest BCUT2D eigenvalue weighted by Crippen LogP contribution is 2.32. The van der Waals surface area contributed by atoms with E-state index in [0.717, 1.165) is 36.7 Å². The summed E-state index contributed by atoms with van der Waals surface area (Å²) in [5.74, 6) is 1.95. The van der Waals surface area contributed by atoms with Gasteiger partial charge in [-0.25, -0.2) is 0 Å². The molecule has 1 aromatic heterocycles. The third-order valence-corrected chi connectivity index (χ3v) is 4.52. The maximum Gasteiger partial charge on any atom is 0.154 e. The lowest BCUT2D eigenvalue weighted by atomic mass is 10.1. The highest BCUT2D eigenvalue weighted by molar-refractivity contribution is 5.27. The van der Waals surface area contributed by atoms with Crippen LogP contribution in [0.25, 0.3) is 0 Å². The minimum atomic E-state index is 0.209. The summed E-state index contributed by atoms with van der Waals surface area (Å²) in [7, 11) is 0. The summed E-state index contributed by atoms with van der Waals surface area (Å²) in [5.41, 5.74) is 2.28. The van der Waals surface area contributed by atoms with Gasteiger partial charge in [-0.2, -0.15) is 0 Å². The van der Waals surface area contributed by atoms with Crippen LogP contribution in [0, 0.1) is 6.92 Å². The Labute approximate surface area is 144 Å². The number of nitrogens with zero attached hydrogens (tertiary/aromatic N) is 2. The summed E-state index contributed by atoms with van der Waals surface area (Å²) >= 11 is 0. The number of benzene rings is 1. The molecule has 1 aromatic carbocycles. The van der Waals surface area contributed by atoms with Crippen molar-refractivity contribution < 1.29 is 9.26 Å². The molecule has 1 aliphatic heterocycles. The van der Waals surface area contributed by atoms with Gasteiger partial charge in [0.25, 0.3) is 0 Å². The van der Waals surface area contributed by atoms with Crippen LogP contribution < -0.4 is 4.74 Å². The van der Waals surface area contributed by atoms with E-state index in [1.54, 1.807) is 0 Å². The number of aromatic nitrogens is 1. The summed E-state index contributed by atoms with van der Waals surface area (Å²) in [6, 6.07) is 10.9. The highest BCUT2D eigenvalue weighted by Gasteiger charge is 2.25. The second kappa shape index (κ2) is 7.84. The molecule has 4 heteroatoms. The van der Waals surface area contributed by atoms with Gasteiger partial charge in [0.2, 0.25) is 0 Å². The highest BCUT2D eigenvalue weighted by atomic mass is 16.5. The summed E-state index contributed by atoms with van der Waals surface area (Å²) in [6.07, 6.45) is 5.14. The summed E-state index contributed by atoms with van der Waals surface area (Å²) in [5, 5.41) is 4.08. The van der Waals surface area contributed by atoms with Crippen LogP contribution in [0.5, 0.6) is 5.75 Å². The number of ether oxygens (including phenoxy) is 1. The number of hydrogen-bond acceptors (Lipinski definition) is 4. The minimum Gasteiger partial charge on any atom is -0.491 e. The van der Waals surface area contributed by atoms with Crippen LogP contribution in [0.15, 0.2) is 34.9 Å². The molecule has 0 aliphatic carbocycles.